The average molecular weight is 433 g/mol. The molecule has 2 heterocycles. The summed E-state index contributed by atoms with van der Waals surface area (Å²) in [6.07, 6.45) is 5.33. The molecule has 0 nitrogen and oxygen atoms in total. The first-order chi connectivity index (χ1) is 14.1. The van der Waals surface area contributed by atoms with E-state index in [-0.39, 0.29) is 19.7 Å². The van der Waals surface area contributed by atoms with Gasteiger partial charge < -0.3 is 0 Å². The van der Waals surface area contributed by atoms with E-state index in [4.69, 9.17) is 0 Å². The van der Waals surface area contributed by atoms with Crippen molar-refractivity contribution in [2.45, 2.75) is 55.6 Å². The van der Waals surface area contributed by atoms with Crippen LogP contribution >= 0.6 is 23.5 Å². The lowest BCUT2D eigenvalue weighted by Crippen LogP contribution is -2.43. The van der Waals surface area contributed by atoms with Gasteiger partial charge in [-0.05, 0) is 33.6 Å². The van der Waals surface area contributed by atoms with E-state index < -0.39 is 0 Å². The van der Waals surface area contributed by atoms with Gasteiger partial charge in [-0.2, -0.15) is 0 Å². The van der Waals surface area contributed by atoms with Crippen LogP contribution in [0.4, 0.5) is 0 Å². The van der Waals surface area contributed by atoms with Crippen LogP contribution in [-0.2, 0) is 4.08 Å². The van der Waals surface area contributed by atoms with Crippen molar-refractivity contribution in [2.24, 2.45) is 16.7 Å². The van der Waals surface area contributed by atoms with Gasteiger partial charge in [-0.1, -0.05) is 114 Å². The van der Waals surface area contributed by atoms with Crippen molar-refractivity contribution in [1.82, 2.24) is 0 Å². The number of fused-ring (bicyclic) bond motifs is 1. The first kappa shape index (κ1) is 20.5. The molecule has 156 valence electrons. The molecule has 1 aliphatic carbocycles. The Bertz CT molecular complexity index is 1020. The van der Waals surface area contributed by atoms with E-state index in [1.54, 1.807) is 5.57 Å². The van der Waals surface area contributed by atoms with E-state index in [0.717, 1.165) is 0 Å². The van der Waals surface area contributed by atoms with E-state index in [2.05, 4.69) is 138 Å². The largest absolute Gasteiger partial charge is 0.129 e. The number of hydrogen-bond donors (Lipinski definition) is 0. The van der Waals surface area contributed by atoms with E-state index in [0.29, 0.717) is 11.2 Å². The van der Waals surface area contributed by atoms with Gasteiger partial charge in [0.05, 0.1) is 4.75 Å². The number of thioether (sulfide) groups is 2. The Morgan fingerprint density at radius 3 is 1.93 bits per heavy atom. The summed E-state index contributed by atoms with van der Waals surface area (Å²) >= 11 is 4.42. The molecule has 0 aromatic heterocycles. The fourth-order valence-electron chi connectivity index (χ4n) is 5.46. The summed E-state index contributed by atoms with van der Waals surface area (Å²) in [5.74, 6) is 0.475. The van der Waals surface area contributed by atoms with Crippen molar-refractivity contribution >= 4 is 29.1 Å². The molecule has 3 aliphatic rings. The third-order valence-electron chi connectivity index (χ3n) is 7.06. The number of rotatable bonds is 2. The van der Waals surface area contributed by atoms with Gasteiger partial charge in [0.2, 0.25) is 0 Å². The highest BCUT2D eigenvalue weighted by Gasteiger charge is 2.68. The molecule has 4 atom stereocenters. The van der Waals surface area contributed by atoms with Crippen molar-refractivity contribution in [1.29, 1.82) is 0 Å². The second kappa shape index (κ2) is 6.56. The molecule has 0 saturated carbocycles. The molecule has 0 spiro atoms. The molecule has 5 rings (SSSR count). The Labute approximate surface area is 190 Å². The van der Waals surface area contributed by atoms with Crippen LogP contribution in [0.1, 0.15) is 52.7 Å². The Hall–Kier alpha value is -1.38. The second-order valence-electron chi connectivity index (χ2n) is 11.0. The van der Waals surface area contributed by atoms with Crippen LogP contribution in [0.5, 0.6) is 0 Å². The summed E-state index contributed by atoms with van der Waals surface area (Å²) < 4.78 is 0.0919. The van der Waals surface area contributed by atoms with Gasteiger partial charge in [0.25, 0.3) is 0 Å². The van der Waals surface area contributed by atoms with Gasteiger partial charge >= 0.3 is 0 Å². The molecule has 0 amide bonds. The molecule has 2 aliphatic heterocycles. The van der Waals surface area contributed by atoms with Gasteiger partial charge in [-0.15, -0.1) is 23.5 Å². The van der Waals surface area contributed by atoms with Gasteiger partial charge in [0.15, 0.2) is 0 Å². The third-order valence-corrected chi connectivity index (χ3v) is 11.3. The maximum absolute atomic E-state index is 2.71. The molecule has 2 aromatic rings. The normalized spacial score (nSPS) is 32.7. The van der Waals surface area contributed by atoms with Gasteiger partial charge in [-0.25, -0.2) is 0 Å². The topological polar surface area (TPSA) is 0 Å². The zero-order valence-electron chi connectivity index (χ0n) is 18.9. The molecule has 1 saturated heterocycles. The standard InChI is InChI=1S/C28H32S2/c1-25(2,3)22-18-27(26(4,5)6)24-23(22)21(19-13-9-7-10-14-19)17-28(29-24,30-27)20-15-11-8-12-16-20/h7-18,23-24H,1-6H3/t23-,24?,27+,28-/m0/s1. The summed E-state index contributed by atoms with van der Waals surface area (Å²) in [5.41, 5.74) is 6.30. The predicted octanol–water partition coefficient (Wildman–Crippen LogP) is 8.17. The Morgan fingerprint density at radius 1 is 0.767 bits per heavy atom. The van der Waals surface area contributed by atoms with Crippen LogP contribution < -0.4 is 0 Å². The van der Waals surface area contributed by atoms with Crippen molar-refractivity contribution in [3.05, 3.63) is 89.5 Å². The van der Waals surface area contributed by atoms with Crippen molar-refractivity contribution in [2.75, 3.05) is 0 Å². The summed E-state index contributed by atoms with van der Waals surface area (Å²) in [6.45, 7) is 14.5. The lowest BCUT2D eigenvalue weighted by molar-refractivity contribution is 0.325. The maximum Gasteiger partial charge on any atom is 0.106 e. The second-order valence-corrected chi connectivity index (χ2v) is 14.2. The molecule has 2 bridgehead atoms. The molecule has 1 fully saturated rings. The van der Waals surface area contributed by atoms with Crippen molar-refractivity contribution in [3.8, 4) is 0 Å². The number of benzene rings is 2. The lowest BCUT2D eigenvalue weighted by atomic mass is 9.73. The SMILES string of the molecule is CC(C)(C)C1=C[C@@]2(C(C)(C)C)S[C@]3(c4ccccc4)C=C(c4ccccc4)[C@@H]1C2S3. The Morgan fingerprint density at radius 2 is 1.37 bits per heavy atom. The predicted molar refractivity (Wildman–Crippen MR) is 135 cm³/mol. The minimum absolute atomic E-state index is 0.0270. The van der Waals surface area contributed by atoms with Gasteiger partial charge in [-0.3, -0.25) is 0 Å². The quantitative estimate of drug-likeness (QED) is 0.439. The highest BCUT2D eigenvalue weighted by atomic mass is 32.2. The van der Waals surface area contributed by atoms with Gasteiger partial charge in [0.1, 0.15) is 4.08 Å². The molecular weight excluding hydrogens is 400 g/mol. The first-order valence-electron chi connectivity index (χ1n) is 11.0. The van der Waals surface area contributed by atoms with E-state index in [9.17, 15) is 0 Å². The maximum atomic E-state index is 2.71. The molecule has 0 N–H and O–H groups in total. The fraction of sp³-hybridized carbons (Fsp3) is 0.429. The zero-order chi connectivity index (χ0) is 21.4. The molecule has 1 unspecified atom stereocenters. The molecule has 30 heavy (non-hydrogen) atoms. The highest BCUT2D eigenvalue weighted by molar-refractivity contribution is 8.22. The van der Waals surface area contributed by atoms with Crippen LogP contribution in [-0.4, -0.2) is 10.00 Å². The van der Waals surface area contributed by atoms with Crippen LogP contribution in [0.3, 0.4) is 0 Å². The summed E-state index contributed by atoms with van der Waals surface area (Å²) in [6, 6.07) is 22.3. The van der Waals surface area contributed by atoms with Crippen LogP contribution in [0.25, 0.3) is 5.57 Å². The average Bonchev–Trinajstić information content (AvgIpc) is 3.16. The zero-order valence-corrected chi connectivity index (χ0v) is 20.5. The summed E-state index contributed by atoms with van der Waals surface area (Å²) in [4.78, 5) is 0. The first-order valence-corrected chi connectivity index (χ1v) is 12.7. The Kier molecular flexibility index (Phi) is 4.49. The van der Waals surface area contributed by atoms with Crippen molar-refractivity contribution in [3.63, 3.8) is 0 Å². The fourth-order valence-corrected chi connectivity index (χ4v) is 10.2. The molecule has 2 heteroatoms. The third kappa shape index (κ3) is 2.83. The van der Waals surface area contributed by atoms with E-state index >= 15 is 0 Å². The monoisotopic (exact) mass is 432 g/mol. The number of allylic oxidation sites excluding steroid dienone is 2. The lowest BCUT2D eigenvalue weighted by Gasteiger charge is -2.41. The van der Waals surface area contributed by atoms with Crippen LogP contribution in [0.15, 0.2) is 78.4 Å². The van der Waals surface area contributed by atoms with Crippen molar-refractivity contribution < 1.29 is 0 Å². The summed E-state index contributed by atoms with van der Waals surface area (Å²) in [7, 11) is 0. The van der Waals surface area contributed by atoms with E-state index in [1.165, 1.54) is 16.7 Å². The smallest absolute Gasteiger partial charge is 0.106 e. The minimum atomic E-state index is -0.0270. The van der Waals surface area contributed by atoms with E-state index in [1.807, 2.05) is 0 Å². The molecule has 0 radical (unpaired) electrons. The minimum Gasteiger partial charge on any atom is -0.129 e. The molecular formula is C28H32S2. The van der Waals surface area contributed by atoms with Crippen LogP contribution in [0.2, 0.25) is 0 Å². The summed E-state index contributed by atoms with van der Waals surface area (Å²) in [5, 5.41) is 0.553. The molecule has 2 aromatic carbocycles. The number of hydrogen-bond acceptors (Lipinski definition) is 2. The van der Waals surface area contributed by atoms with Crippen LogP contribution in [0, 0.1) is 16.7 Å². The highest BCUT2D eigenvalue weighted by Crippen LogP contribution is 2.78. The van der Waals surface area contributed by atoms with Gasteiger partial charge in [0, 0.05) is 11.2 Å². The Balaban J connectivity index is 1.79.